The Kier molecular flexibility index (Phi) is 13.1. The molecule has 0 bridgehead atoms. The Bertz CT molecular complexity index is 399. The lowest BCUT2D eigenvalue weighted by Gasteiger charge is -2.28. The van der Waals surface area contributed by atoms with E-state index < -0.39 is 12.1 Å². The first-order valence-electron chi connectivity index (χ1n) is 9.61. The number of rotatable bonds is 15. The average Bonchev–Trinajstić information content (AvgIpc) is 2.46. The van der Waals surface area contributed by atoms with Crippen molar-refractivity contribution < 1.29 is 23.9 Å². The van der Waals surface area contributed by atoms with Gasteiger partial charge in [-0.15, -0.1) is 0 Å². The van der Waals surface area contributed by atoms with Crippen molar-refractivity contribution in [3.63, 3.8) is 0 Å². The second-order valence-electron chi connectivity index (χ2n) is 7.75. The van der Waals surface area contributed by atoms with Gasteiger partial charge in [-0.1, -0.05) is 44.8 Å². The van der Waals surface area contributed by atoms with E-state index in [2.05, 4.69) is 19.1 Å². The van der Waals surface area contributed by atoms with Gasteiger partial charge in [0, 0.05) is 6.42 Å². The third-order valence-corrected chi connectivity index (χ3v) is 3.84. The molecule has 1 unspecified atom stereocenters. The van der Waals surface area contributed by atoms with Crippen LogP contribution in [0.1, 0.15) is 71.1 Å². The highest BCUT2D eigenvalue weighted by atomic mass is 16.5. The summed E-state index contributed by atoms with van der Waals surface area (Å²) in [4.78, 5) is 22.8. The summed E-state index contributed by atoms with van der Waals surface area (Å²) in [5, 5.41) is 8.95. The van der Waals surface area contributed by atoms with Gasteiger partial charge in [0.1, 0.15) is 6.54 Å². The summed E-state index contributed by atoms with van der Waals surface area (Å²) < 4.78 is 5.94. The van der Waals surface area contributed by atoms with Crippen molar-refractivity contribution in [2.45, 2.75) is 77.2 Å². The third-order valence-electron chi connectivity index (χ3n) is 3.84. The number of carboxylic acid groups (broad SMARTS) is 1. The van der Waals surface area contributed by atoms with Crippen LogP contribution in [0.2, 0.25) is 0 Å². The number of carbonyl (C=O) groups excluding carboxylic acids is 1. The predicted octanol–water partition coefficient (Wildman–Crippen LogP) is 4.17. The van der Waals surface area contributed by atoms with E-state index in [0.717, 1.165) is 32.1 Å². The number of carbonyl (C=O) groups is 2. The van der Waals surface area contributed by atoms with Gasteiger partial charge in [-0.25, -0.2) is 0 Å². The van der Waals surface area contributed by atoms with E-state index in [9.17, 15) is 9.59 Å². The Morgan fingerprint density at radius 1 is 1.00 bits per heavy atom. The zero-order valence-electron chi connectivity index (χ0n) is 16.6. The molecule has 5 nitrogen and oxygen atoms in total. The fourth-order valence-electron chi connectivity index (χ4n) is 2.64. The summed E-state index contributed by atoms with van der Waals surface area (Å²) in [5.74, 6) is -1.21. The summed E-state index contributed by atoms with van der Waals surface area (Å²) in [6.07, 6.45) is 13.1. The van der Waals surface area contributed by atoms with Crippen LogP contribution in [0, 0.1) is 0 Å². The number of hydrogen-bond acceptors (Lipinski definition) is 3. The lowest BCUT2D eigenvalue weighted by molar-refractivity contribution is -0.873. The van der Waals surface area contributed by atoms with E-state index in [1.165, 1.54) is 19.3 Å². The van der Waals surface area contributed by atoms with Crippen molar-refractivity contribution in [3.8, 4) is 0 Å². The molecule has 0 spiro atoms. The minimum Gasteiger partial charge on any atom is -0.481 e. The lowest BCUT2D eigenvalue weighted by Crippen LogP contribution is -2.43. The highest BCUT2D eigenvalue weighted by molar-refractivity contribution is 5.71. The first-order valence-corrected chi connectivity index (χ1v) is 9.61. The molecular weight excluding hydrogens is 318 g/mol. The monoisotopic (exact) mass is 356 g/mol. The average molecular weight is 357 g/mol. The van der Waals surface area contributed by atoms with Crippen LogP contribution in [0.25, 0.3) is 0 Å². The minimum atomic E-state index is -0.932. The number of carboxylic acids is 1. The van der Waals surface area contributed by atoms with E-state index in [4.69, 9.17) is 9.84 Å². The highest BCUT2D eigenvalue weighted by Crippen LogP contribution is 2.10. The molecule has 5 heteroatoms. The normalized spacial score (nSPS) is 13.1. The number of esters is 1. The molecule has 0 aromatic rings. The predicted molar refractivity (Wildman–Crippen MR) is 101 cm³/mol. The lowest BCUT2D eigenvalue weighted by atomic mass is 10.1. The van der Waals surface area contributed by atoms with E-state index in [1.54, 1.807) is 0 Å². The largest absolute Gasteiger partial charge is 0.481 e. The fraction of sp³-hybridized carbons (Fsp3) is 0.800. The van der Waals surface area contributed by atoms with Crippen LogP contribution in [0.15, 0.2) is 12.2 Å². The molecule has 0 aromatic carbocycles. The Morgan fingerprint density at radius 2 is 1.60 bits per heavy atom. The van der Waals surface area contributed by atoms with Crippen molar-refractivity contribution in [1.82, 2.24) is 0 Å². The zero-order chi connectivity index (χ0) is 19.1. The van der Waals surface area contributed by atoms with E-state index in [0.29, 0.717) is 17.4 Å². The topological polar surface area (TPSA) is 63.6 Å². The summed E-state index contributed by atoms with van der Waals surface area (Å²) in [6.45, 7) is 2.70. The van der Waals surface area contributed by atoms with Crippen LogP contribution in [0.3, 0.4) is 0 Å². The first-order chi connectivity index (χ1) is 11.7. The number of quaternary nitrogens is 1. The molecule has 1 atom stereocenters. The maximum Gasteiger partial charge on any atom is 0.307 e. The van der Waals surface area contributed by atoms with Crippen LogP contribution in [0.4, 0.5) is 0 Å². The smallest absolute Gasteiger partial charge is 0.307 e. The van der Waals surface area contributed by atoms with Crippen LogP contribution >= 0.6 is 0 Å². The Balaban J connectivity index is 3.85. The van der Waals surface area contributed by atoms with Gasteiger partial charge in [-0.05, 0) is 25.7 Å². The van der Waals surface area contributed by atoms with Gasteiger partial charge in [-0.2, -0.15) is 0 Å². The molecule has 0 saturated carbocycles. The van der Waals surface area contributed by atoms with Gasteiger partial charge in [-0.3, -0.25) is 9.59 Å². The highest BCUT2D eigenvalue weighted by Gasteiger charge is 2.24. The van der Waals surface area contributed by atoms with Gasteiger partial charge in [0.05, 0.1) is 27.6 Å². The molecular formula is C20H38NO4+. The van der Waals surface area contributed by atoms with Crippen LogP contribution in [-0.4, -0.2) is 55.3 Å². The van der Waals surface area contributed by atoms with E-state index in [1.807, 2.05) is 21.1 Å². The van der Waals surface area contributed by atoms with E-state index in [-0.39, 0.29) is 12.4 Å². The maximum absolute atomic E-state index is 11.9. The number of aliphatic carboxylic acids is 1. The molecule has 1 N–H and O–H groups in total. The Hall–Kier alpha value is -1.36. The third kappa shape index (κ3) is 17.3. The SMILES string of the molecule is CCCC/C=C/CCCCCCC(=O)OC(CC(=O)O)C[N+](C)(C)C. The number of allylic oxidation sites excluding steroid dienone is 2. The molecule has 0 aliphatic carbocycles. The zero-order valence-corrected chi connectivity index (χ0v) is 16.6. The molecule has 0 heterocycles. The number of ether oxygens (including phenoxy) is 1. The van der Waals surface area contributed by atoms with Crippen molar-refractivity contribution in [3.05, 3.63) is 12.2 Å². The second kappa shape index (κ2) is 13.9. The van der Waals surface area contributed by atoms with Gasteiger partial charge in [0.2, 0.25) is 0 Å². The summed E-state index contributed by atoms with van der Waals surface area (Å²) in [7, 11) is 5.87. The standard InChI is InChI=1S/C20H37NO4/c1-5-6-7-8-9-10-11-12-13-14-15-20(24)25-18(16-19(22)23)17-21(2,3)4/h8-9,18H,5-7,10-17H2,1-4H3/p+1/b9-8+. The number of likely N-dealkylation sites (N-methyl/N-ethyl adjacent to an activating group) is 1. The molecule has 146 valence electrons. The van der Waals surface area contributed by atoms with Crippen molar-refractivity contribution in [1.29, 1.82) is 0 Å². The molecule has 0 aliphatic heterocycles. The summed E-state index contributed by atoms with van der Waals surface area (Å²) >= 11 is 0. The molecule has 0 rings (SSSR count). The Morgan fingerprint density at radius 3 is 2.16 bits per heavy atom. The maximum atomic E-state index is 11.9. The van der Waals surface area contributed by atoms with Gasteiger partial charge < -0.3 is 14.3 Å². The first kappa shape index (κ1) is 23.6. The molecule has 0 aliphatic rings. The van der Waals surface area contributed by atoms with Gasteiger partial charge >= 0.3 is 11.9 Å². The number of nitrogens with zero attached hydrogens (tertiary/aromatic N) is 1. The quantitative estimate of drug-likeness (QED) is 0.207. The summed E-state index contributed by atoms with van der Waals surface area (Å²) in [6, 6.07) is 0. The molecule has 0 aromatic heterocycles. The van der Waals surface area contributed by atoms with Crippen LogP contribution in [-0.2, 0) is 14.3 Å². The second-order valence-corrected chi connectivity index (χ2v) is 7.75. The molecule has 0 saturated heterocycles. The van der Waals surface area contributed by atoms with Crippen molar-refractivity contribution >= 4 is 11.9 Å². The van der Waals surface area contributed by atoms with Crippen molar-refractivity contribution in [2.24, 2.45) is 0 Å². The van der Waals surface area contributed by atoms with Crippen LogP contribution in [0.5, 0.6) is 0 Å². The number of unbranched alkanes of at least 4 members (excludes halogenated alkanes) is 6. The van der Waals surface area contributed by atoms with E-state index >= 15 is 0 Å². The molecule has 25 heavy (non-hydrogen) atoms. The Labute approximate surface area is 153 Å². The molecule has 0 amide bonds. The minimum absolute atomic E-state index is 0.133. The molecule has 0 fully saturated rings. The van der Waals surface area contributed by atoms with Crippen LogP contribution < -0.4 is 0 Å². The van der Waals surface area contributed by atoms with Gasteiger partial charge in [0.25, 0.3) is 0 Å². The van der Waals surface area contributed by atoms with Gasteiger partial charge in [0.15, 0.2) is 6.10 Å². The number of hydrogen-bond donors (Lipinski definition) is 1. The van der Waals surface area contributed by atoms with Crippen molar-refractivity contribution in [2.75, 3.05) is 27.7 Å². The molecule has 0 radical (unpaired) electrons. The fourth-order valence-corrected chi connectivity index (χ4v) is 2.64. The summed E-state index contributed by atoms with van der Waals surface area (Å²) in [5.41, 5.74) is 0.